The molecule has 2 rings (SSSR count). The zero-order valence-corrected chi connectivity index (χ0v) is 10.4. The fraction of sp³-hybridized carbons (Fsp3) is 0.667. The first-order valence-electron chi connectivity index (χ1n) is 5.94. The number of hydrogen-bond acceptors (Lipinski definition) is 5. The maximum absolute atomic E-state index is 9.32. The van der Waals surface area contributed by atoms with Gasteiger partial charge in [-0.05, 0) is 13.3 Å². The maximum atomic E-state index is 9.32. The van der Waals surface area contributed by atoms with E-state index in [0.717, 1.165) is 23.8 Å². The van der Waals surface area contributed by atoms with Crippen LogP contribution in [0.5, 0.6) is 0 Å². The summed E-state index contributed by atoms with van der Waals surface area (Å²) in [5.41, 5.74) is 0.897. The number of nitrogens with one attached hydrogen (secondary N) is 1. The van der Waals surface area contributed by atoms with E-state index in [2.05, 4.69) is 22.2 Å². The van der Waals surface area contributed by atoms with Gasteiger partial charge in [0.1, 0.15) is 11.6 Å². The van der Waals surface area contributed by atoms with Gasteiger partial charge in [-0.2, -0.15) is 0 Å². The lowest BCUT2D eigenvalue weighted by Gasteiger charge is -2.39. The molecule has 0 aliphatic carbocycles. The third-order valence-corrected chi connectivity index (χ3v) is 3.05. The van der Waals surface area contributed by atoms with Crippen molar-refractivity contribution in [2.75, 3.05) is 31.7 Å². The first-order valence-corrected chi connectivity index (χ1v) is 5.94. The van der Waals surface area contributed by atoms with E-state index in [-0.39, 0.29) is 12.0 Å². The average Bonchev–Trinajstić information content (AvgIpc) is 2.27. The van der Waals surface area contributed by atoms with Gasteiger partial charge in [0.2, 0.25) is 0 Å². The number of aryl methyl sites for hydroxylation is 2. The van der Waals surface area contributed by atoms with Gasteiger partial charge in [-0.15, -0.1) is 0 Å². The Balaban J connectivity index is 2.01. The molecule has 0 amide bonds. The van der Waals surface area contributed by atoms with Crippen molar-refractivity contribution in [3.8, 4) is 0 Å². The third-order valence-electron chi connectivity index (χ3n) is 3.05. The highest BCUT2D eigenvalue weighted by Gasteiger charge is 2.37. The Bertz CT molecular complexity index is 386. The van der Waals surface area contributed by atoms with Gasteiger partial charge in [0.05, 0.1) is 25.2 Å². The van der Waals surface area contributed by atoms with E-state index < -0.39 is 0 Å². The summed E-state index contributed by atoms with van der Waals surface area (Å²) in [6.07, 6.45) is 0.895. The first kappa shape index (κ1) is 12.3. The minimum atomic E-state index is -0.134. The van der Waals surface area contributed by atoms with Gasteiger partial charge < -0.3 is 15.2 Å². The van der Waals surface area contributed by atoms with Gasteiger partial charge in [-0.25, -0.2) is 9.97 Å². The van der Waals surface area contributed by atoms with Gasteiger partial charge in [0.15, 0.2) is 0 Å². The Hall–Kier alpha value is -1.20. The largest absolute Gasteiger partial charge is 0.396 e. The summed E-state index contributed by atoms with van der Waals surface area (Å²) >= 11 is 0. The van der Waals surface area contributed by atoms with E-state index in [1.165, 1.54) is 0 Å². The first-order chi connectivity index (χ1) is 8.17. The van der Waals surface area contributed by atoms with Gasteiger partial charge in [0.25, 0.3) is 0 Å². The van der Waals surface area contributed by atoms with Crippen LogP contribution in [0.4, 0.5) is 5.82 Å². The summed E-state index contributed by atoms with van der Waals surface area (Å²) in [4.78, 5) is 8.66. The normalized spacial score (nSPS) is 17.6. The highest BCUT2D eigenvalue weighted by molar-refractivity contribution is 5.36. The summed E-state index contributed by atoms with van der Waals surface area (Å²) in [7, 11) is 0. The molecule has 0 unspecified atom stereocenters. The van der Waals surface area contributed by atoms with Crippen LogP contribution in [0.15, 0.2) is 6.07 Å². The van der Waals surface area contributed by atoms with Crippen molar-refractivity contribution < 1.29 is 9.84 Å². The van der Waals surface area contributed by atoms with E-state index in [1.807, 2.05) is 13.0 Å². The Morgan fingerprint density at radius 1 is 1.47 bits per heavy atom. The molecule has 1 aliphatic rings. The molecular weight excluding hydrogens is 218 g/mol. The standard InChI is InChI=1S/C12H19N3O2/c1-3-10-4-11(15-9(2)14-10)13-5-12(6-16)7-17-8-12/h4,16H,3,5-8H2,1-2H3,(H,13,14,15). The molecule has 0 saturated carbocycles. The fourth-order valence-corrected chi connectivity index (χ4v) is 1.82. The molecule has 0 radical (unpaired) electrons. The van der Waals surface area contributed by atoms with E-state index in [4.69, 9.17) is 4.74 Å². The zero-order valence-electron chi connectivity index (χ0n) is 10.4. The Kier molecular flexibility index (Phi) is 3.59. The fourth-order valence-electron chi connectivity index (χ4n) is 1.82. The van der Waals surface area contributed by atoms with Crippen molar-refractivity contribution in [2.24, 2.45) is 5.41 Å². The lowest BCUT2D eigenvalue weighted by atomic mass is 9.87. The molecule has 1 aliphatic heterocycles. The number of rotatable bonds is 5. The predicted octanol–water partition coefficient (Wildman–Crippen LogP) is 0.768. The summed E-state index contributed by atoms with van der Waals surface area (Å²) in [5.74, 6) is 1.60. The van der Waals surface area contributed by atoms with Gasteiger partial charge in [-0.1, -0.05) is 6.92 Å². The zero-order chi connectivity index (χ0) is 12.3. The highest BCUT2D eigenvalue weighted by atomic mass is 16.5. The van der Waals surface area contributed by atoms with E-state index in [0.29, 0.717) is 19.8 Å². The van der Waals surface area contributed by atoms with Gasteiger partial charge in [-0.3, -0.25) is 0 Å². The van der Waals surface area contributed by atoms with Crippen LogP contribution in [0.1, 0.15) is 18.4 Å². The number of aromatic nitrogens is 2. The van der Waals surface area contributed by atoms with E-state index in [1.54, 1.807) is 0 Å². The van der Waals surface area contributed by atoms with Crippen molar-refractivity contribution in [2.45, 2.75) is 20.3 Å². The monoisotopic (exact) mass is 237 g/mol. The molecule has 94 valence electrons. The van der Waals surface area contributed by atoms with Gasteiger partial charge >= 0.3 is 0 Å². The Labute approximate surface area is 101 Å². The Morgan fingerprint density at radius 2 is 2.24 bits per heavy atom. The molecule has 0 atom stereocenters. The second kappa shape index (κ2) is 4.98. The summed E-state index contributed by atoms with van der Waals surface area (Å²) in [6, 6.07) is 1.96. The molecule has 2 N–H and O–H groups in total. The van der Waals surface area contributed by atoms with Crippen LogP contribution in [0.2, 0.25) is 0 Å². The molecule has 0 spiro atoms. The SMILES string of the molecule is CCc1cc(NCC2(CO)COC2)nc(C)n1. The summed E-state index contributed by atoms with van der Waals surface area (Å²) < 4.78 is 5.15. The summed E-state index contributed by atoms with van der Waals surface area (Å²) in [6.45, 7) is 6.01. The van der Waals surface area contributed by atoms with Crippen molar-refractivity contribution in [1.82, 2.24) is 9.97 Å². The molecule has 1 fully saturated rings. The summed E-state index contributed by atoms with van der Waals surface area (Å²) in [5, 5.41) is 12.6. The van der Waals surface area contributed by atoms with Crippen molar-refractivity contribution >= 4 is 5.82 Å². The molecule has 1 saturated heterocycles. The molecule has 0 bridgehead atoms. The Morgan fingerprint density at radius 3 is 2.76 bits per heavy atom. The smallest absolute Gasteiger partial charge is 0.129 e. The molecule has 5 heteroatoms. The second-order valence-electron chi connectivity index (χ2n) is 4.65. The molecule has 17 heavy (non-hydrogen) atoms. The van der Waals surface area contributed by atoms with Crippen LogP contribution in [0.3, 0.4) is 0 Å². The van der Waals surface area contributed by atoms with Crippen LogP contribution in [0, 0.1) is 12.3 Å². The minimum Gasteiger partial charge on any atom is -0.396 e. The topological polar surface area (TPSA) is 67.3 Å². The third kappa shape index (κ3) is 2.73. The molecular formula is C12H19N3O2. The number of aliphatic hydroxyl groups excluding tert-OH is 1. The average molecular weight is 237 g/mol. The van der Waals surface area contributed by atoms with Crippen LogP contribution in [-0.2, 0) is 11.2 Å². The second-order valence-corrected chi connectivity index (χ2v) is 4.65. The van der Waals surface area contributed by atoms with E-state index >= 15 is 0 Å². The predicted molar refractivity (Wildman–Crippen MR) is 65.0 cm³/mol. The highest BCUT2D eigenvalue weighted by Crippen LogP contribution is 2.26. The molecule has 1 aromatic heterocycles. The number of aliphatic hydroxyl groups is 1. The lowest BCUT2D eigenvalue weighted by Crippen LogP contribution is -2.50. The number of hydrogen-bond donors (Lipinski definition) is 2. The van der Waals surface area contributed by atoms with Crippen molar-refractivity contribution in [3.05, 3.63) is 17.6 Å². The number of ether oxygens (including phenoxy) is 1. The number of nitrogens with zero attached hydrogens (tertiary/aromatic N) is 2. The van der Waals surface area contributed by atoms with Crippen LogP contribution < -0.4 is 5.32 Å². The van der Waals surface area contributed by atoms with Crippen LogP contribution >= 0.6 is 0 Å². The van der Waals surface area contributed by atoms with E-state index in [9.17, 15) is 5.11 Å². The molecule has 1 aromatic rings. The number of anilines is 1. The molecule has 2 heterocycles. The van der Waals surface area contributed by atoms with Crippen molar-refractivity contribution in [3.63, 3.8) is 0 Å². The molecule has 5 nitrogen and oxygen atoms in total. The lowest BCUT2D eigenvalue weighted by molar-refractivity contribution is -0.128. The van der Waals surface area contributed by atoms with Crippen molar-refractivity contribution in [1.29, 1.82) is 0 Å². The van der Waals surface area contributed by atoms with Crippen LogP contribution in [0.25, 0.3) is 0 Å². The molecule has 0 aromatic carbocycles. The van der Waals surface area contributed by atoms with Crippen LogP contribution in [-0.4, -0.2) is 41.4 Å². The minimum absolute atomic E-state index is 0.134. The maximum Gasteiger partial charge on any atom is 0.129 e. The quantitative estimate of drug-likeness (QED) is 0.791. The van der Waals surface area contributed by atoms with Gasteiger partial charge in [0, 0.05) is 18.3 Å².